The Bertz CT molecular complexity index is 289. The minimum Gasteiger partial charge on any atom is -0.465 e. The highest BCUT2D eigenvalue weighted by Gasteiger charge is 2.26. The van der Waals surface area contributed by atoms with Gasteiger partial charge in [-0.3, -0.25) is 4.79 Å². The van der Waals surface area contributed by atoms with Crippen molar-refractivity contribution >= 4 is 40.8 Å². The molecule has 2 nitrogen and oxygen atoms in total. The summed E-state index contributed by atoms with van der Waals surface area (Å²) in [6.45, 7) is 4.28. The molecule has 0 fully saturated rings. The van der Waals surface area contributed by atoms with E-state index in [1.54, 1.807) is 6.92 Å². The van der Waals surface area contributed by atoms with Gasteiger partial charge in [0.2, 0.25) is 0 Å². The first kappa shape index (κ1) is 20.1. The summed E-state index contributed by atoms with van der Waals surface area (Å²) in [5.41, 5.74) is 0. The van der Waals surface area contributed by atoms with E-state index in [4.69, 9.17) is 39.5 Å². The van der Waals surface area contributed by atoms with E-state index < -0.39 is 5.92 Å². The van der Waals surface area contributed by atoms with Gasteiger partial charge in [0.15, 0.2) is 0 Å². The first-order chi connectivity index (χ1) is 9.52. The van der Waals surface area contributed by atoms with Gasteiger partial charge in [-0.15, -0.1) is 11.6 Å². The quantitative estimate of drug-likeness (QED) is 0.267. The molecule has 0 spiro atoms. The highest BCUT2D eigenvalue weighted by atomic mass is 35.5. The van der Waals surface area contributed by atoms with E-state index >= 15 is 0 Å². The molecule has 0 bridgehead atoms. The molecule has 0 heterocycles. The Morgan fingerprint density at radius 2 is 1.70 bits per heavy atom. The Balaban J connectivity index is 4.17. The van der Waals surface area contributed by atoms with Crippen LogP contribution in [-0.2, 0) is 9.53 Å². The lowest BCUT2D eigenvalue weighted by Crippen LogP contribution is -2.25. The normalized spacial score (nSPS) is 13.7. The molecule has 5 heteroatoms. The van der Waals surface area contributed by atoms with Crippen molar-refractivity contribution in [3.8, 4) is 0 Å². The Hall–Kier alpha value is 0.0800. The molecule has 0 aliphatic heterocycles. The van der Waals surface area contributed by atoms with Gasteiger partial charge < -0.3 is 4.74 Å². The lowest BCUT2D eigenvalue weighted by atomic mass is 9.99. The molecule has 0 saturated carbocycles. The summed E-state index contributed by atoms with van der Waals surface area (Å²) in [5, 5.41) is -0.326. The number of unbranched alkanes of at least 4 members (excludes halogenated alkanes) is 5. The summed E-state index contributed by atoms with van der Waals surface area (Å²) in [7, 11) is 0. The van der Waals surface area contributed by atoms with Gasteiger partial charge in [0.05, 0.1) is 17.9 Å². The number of esters is 1. The second kappa shape index (κ2) is 12.8. The van der Waals surface area contributed by atoms with Gasteiger partial charge in [0.1, 0.15) is 4.49 Å². The monoisotopic (exact) mass is 342 g/mol. The van der Waals surface area contributed by atoms with Crippen LogP contribution >= 0.6 is 34.8 Å². The van der Waals surface area contributed by atoms with E-state index in [0.29, 0.717) is 6.61 Å². The van der Waals surface area contributed by atoms with Gasteiger partial charge in [-0.2, -0.15) is 0 Å². The van der Waals surface area contributed by atoms with E-state index in [9.17, 15) is 4.79 Å². The summed E-state index contributed by atoms with van der Waals surface area (Å²) >= 11 is 17.6. The Morgan fingerprint density at radius 3 is 2.25 bits per heavy atom. The molecule has 0 rings (SSSR count). The molecule has 0 unspecified atom stereocenters. The van der Waals surface area contributed by atoms with Crippen LogP contribution in [0.4, 0.5) is 0 Å². The van der Waals surface area contributed by atoms with Gasteiger partial charge in [-0.05, 0) is 19.4 Å². The maximum atomic E-state index is 11.8. The molecular weight excluding hydrogens is 319 g/mol. The number of hydrogen-bond donors (Lipinski definition) is 0. The van der Waals surface area contributed by atoms with Crippen LogP contribution in [0.2, 0.25) is 0 Å². The van der Waals surface area contributed by atoms with Crippen LogP contribution in [-0.4, -0.2) is 18.0 Å². The van der Waals surface area contributed by atoms with Crippen molar-refractivity contribution in [1.29, 1.82) is 0 Å². The minimum atomic E-state index is -0.572. The second-order valence-corrected chi connectivity index (χ2v) is 6.38. The largest absolute Gasteiger partial charge is 0.465 e. The van der Waals surface area contributed by atoms with E-state index in [-0.39, 0.29) is 15.8 Å². The third kappa shape index (κ3) is 9.90. The van der Waals surface area contributed by atoms with Crippen LogP contribution < -0.4 is 0 Å². The third-order valence-electron chi connectivity index (χ3n) is 3.09. The SMILES string of the molecule is CCCCCCCC[C@H](Cl)[C@@H](C=C(Cl)Cl)C(=O)OCC. The number of halogens is 3. The fourth-order valence-electron chi connectivity index (χ4n) is 1.99. The average molecular weight is 344 g/mol. The average Bonchev–Trinajstić information content (AvgIpc) is 2.39. The molecule has 0 aliphatic carbocycles. The molecule has 118 valence electrons. The number of hydrogen-bond acceptors (Lipinski definition) is 2. The van der Waals surface area contributed by atoms with Crippen molar-refractivity contribution in [2.45, 2.75) is 64.2 Å². The van der Waals surface area contributed by atoms with Crippen molar-refractivity contribution in [2.24, 2.45) is 5.92 Å². The summed E-state index contributed by atoms with van der Waals surface area (Å²) in [6, 6.07) is 0. The molecule has 20 heavy (non-hydrogen) atoms. The van der Waals surface area contributed by atoms with Gasteiger partial charge in [-0.1, -0.05) is 68.7 Å². The number of carbonyl (C=O) groups is 1. The predicted octanol–water partition coefficient (Wildman–Crippen LogP) is 5.84. The molecule has 0 aromatic rings. The Morgan fingerprint density at radius 1 is 1.10 bits per heavy atom. The highest BCUT2D eigenvalue weighted by molar-refractivity contribution is 6.56. The Labute approximate surface area is 137 Å². The van der Waals surface area contributed by atoms with Crippen LogP contribution in [0.3, 0.4) is 0 Å². The van der Waals surface area contributed by atoms with E-state index in [2.05, 4.69) is 6.92 Å². The number of alkyl halides is 1. The zero-order chi connectivity index (χ0) is 15.4. The lowest BCUT2D eigenvalue weighted by Gasteiger charge is -2.17. The van der Waals surface area contributed by atoms with Gasteiger partial charge >= 0.3 is 5.97 Å². The van der Waals surface area contributed by atoms with Crippen LogP contribution in [0.5, 0.6) is 0 Å². The molecule has 0 aliphatic rings. The van der Waals surface area contributed by atoms with Crippen LogP contribution in [0, 0.1) is 5.92 Å². The number of ether oxygens (including phenoxy) is 1. The van der Waals surface area contributed by atoms with Gasteiger partial charge in [0.25, 0.3) is 0 Å². The minimum absolute atomic E-state index is 0.0525. The van der Waals surface area contributed by atoms with Crippen LogP contribution in [0.25, 0.3) is 0 Å². The summed E-state index contributed by atoms with van der Waals surface area (Å²) in [4.78, 5) is 11.8. The van der Waals surface area contributed by atoms with Crippen molar-refractivity contribution < 1.29 is 9.53 Å². The first-order valence-electron chi connectivity index (χ1n) is 7.36. The lowest BCUT2D eigenvalue weighted by molar-refractivity contribution is -0.146. The second-order valence-electron chi connectivity index (χ2n) is 4.81. The van der Waals surface area contributed by atoms with E-state index in [1.165, 1.54) is 31.8 Å². The molecule has 0 aromatic heterocycles. The van der Waals surface area contributed by atoms with Crippen molar-refractivity contribution in [3.05, 3.63) is 10.6 Å². The zero-order valence-corrected chi connectivity index (χ0v) is 14.6. The standard InChI is InChI=1S/C15H25Cl3O2/c1-3-5-6-7-8-9-10-13(16)12(11-14(17)18)15(19)20-4-2/h11-13H,3-10H2,1-2H3/t12-,13+/m1/s1. The summed E-state index contributed by atoms with van der Waals surface area (Å²) in [6.07, 6.45) is 9.36. The molecule has 0 aromatic carbocycles. The molecule has 2 atom stereocenters. The third-order valence-corrected chi connectivity index (χ3v) is 3.83. The molecule has 0 N–H and O–H groups in total. The van der Waals surface area contributed by atoms with E-state index in [1.807, 2.05) is 0 Å². The molecule has 0 radical (unpaired) electrons. The smallest absolute Gasteiger partial charge is 0.314 e. The van der Waals surface area contributed by atoms with Gasteiger partial charge in [0, 0.05) is 0 Å². The number of carbonyl (C=O) groups excluding carboxylic acids is 1. The molecular formula is C15H25Cl3O2. The maximum absolute atomic E-state index is 11.8. The maximum Gasteiger partial charge on any atom is 0.314 e. The van der Waals surface area contributed by atoms with Crippen molar-refractivity contribution in [1.82, 2.24) is 0 Å². The van der Waals surface area contributed by atoms with E-state index in [0.717, 1.165) is 19.3 Å². The number of rotatable bonds is 11. The summed E-state index contributed by atoms with van der Waals surface area (Å²) in [5.74, 6) is -0.936. The van der Waals surface area contributed by atoms with Crippen molar-refractivity contribution in [3.63, 3.8) is 0 Å². The molecule has 0 saturated heterocycles. The predicted molar refractivity (Wildman–Crippen MR) is 87.5 cm³/mol. The highest BCUT2D eigenvalue weighted by Crippen LogP contribution is 2.24. The first-order valence-corrected chi connectivity index (χ1v) is 8.55. The van der Waals surface area contributed by atoms with Crippen molar-refractivity contribution in [2.75, 3.05) is 6.61 Å². The fraction of sp³-hybridized carbons (Fsp3) is 0.800. The zero-order valence-electron chi connectivity index (χ0n) is 12.3. The van der Waals surface area contributed by atoms with Crippen LogP contribution in [0.1, 0.15) is 58.8 Å². The van der Waals surface area contributed by atoms with Crippen LogP contribution in [0.15, 0.2) is 10.6 Å². The molecule has 0 amide bonds. The fourth-order valence-corrected chi connectivity index (χ4v) is 2.59. The van der Waals surface area contributed by atoms with Gasteiger partial charge in [-0.25, -0.2) is 0 Å². The summed E-state index contributed by atoms with van der Waals surface area (Å²) < 4.78 is 5.05. The topological polar surface area (TPSA) is 26.3 Å². The Kier molecular flexibility index (Phi) is 12.8.